The van der Waals surface area contributed by atoms with E-state index in [1.165, 1.54) is 0 Å². The molecule has 1 aliphatic heterocycles. The van der Waals surface area contributed by atoms with Crippen LogP contribution in [0.5, 0.6) is 0 Å². The van der Waals surface area contributed by atoms with Gasteiger partial charge in [-0.15, -0.1) is 0 Å². The van der Waals surface area contributed by atoms with Gasteiger partial charge in [0.1, 0.15) is 0 Å². The maximum atomic E-state index is 11.4. The number of nitrogens with zero attached hydrogens (tertiary/aromatic N) is 2. The summed E-state index contributed by atoms with van der Waals surface area (Å²) < 4.78 is 0.642. The Morgan fingerprint density at radius 3 is 2.79 bits per heavy atom. The number of benzene rings is 1. The standard InChI is InChI=1S/C14H19BrN2O2/c1-3-16-7-8-17(9-10(16)2)12-6-4-5-11(15)13(12)14(18)19/h4-6,10H,3,7-9H2,1-2H3,(H,18,19). The molecular formula is C14H19BrN2O2. The van der Waals surface area contributed by atoms with Gasteiger partial charge in [0.25, 0.3) is 0 Å². The van der Waals surface area contributed by atoms with Gasteiger partial charge in [0.2, 0.25) is 0 Å². The second-order valence-electron chi connectivity index (χ2n) is 4.86. The van der Waals surface area contributed by atoms with E-state index in [0.717, 1.165) is 31.9 Å². The van der Waals surface area contributed by atoms with Gasteiger partial charge in [0.05, 0.1) is 11.3 Å². The molecule has 1 aromatic carbocycles. The summed E-state index contributed by atoms with van der Waals surface area (Å²) in [6.07, 6.45) is 0. The van der Waals surface area contributed by atoms with Gasteiger partial charge in [-0.2, -0.15) is 0 Å². The van der Waals surface area contributed by atoms with Gasteiger partial charge in [0, 0.05) is 30.1 Å². The van der Waals surface area contributed by atoms with E-state index < -0.39 is 5.97 Å². The van der Waals surface area contributed by atoms with E-state index in [1.807, 2.05) is 12.1 Å². The zero-order valence-electron chi connectivity index (χ0n) is 11.3. The summed E-state index contributed by atoms with van der Waals surface area (Å²) in [6.45, 7) is 8.10. The van der Waals surface area contributed by atoms with E-state index in [2.05, 4.69) is 39.6 Å². The van der Waals surface area contributed by atoms with Crippen molar-refractivity contribution in [1.82, 2.24) is 4.90 Å². The highest BCUT2D eigenvalue weighted by atomic mass is 79.9. The van der Waals surface area contributed by atoms with Gasteiger partial charge in [-0.05, 0) is 41.5 Å². The van der Waals surface area contributed by atoms with Gasteiger partial charge < -0.3 is 10.0 Å². The molecule has 1 aromatic rings. The highest BCUT2D eigenvalue weighted by molar-refractivity contribution is 9.10. The normalized spacial score (nSPS) is 20.6. The summed E-state index contributed by atoms with van der Waals surface area (Å²) in [7, 11) is 0. The number of aromatic carboxylic acids is 1. The summed E-state index contributed by atoms with van der Waals surface area (Å²) in [6, 6.07) is 6.00. The number of hydrogen-bond donors (Lipinski definition) is 1. The lowest BCUT2D eigenvalue weighted by molar-refractivity contribution is 0.0696. The molecule has 0 amide bonds. The van der Waals surface area contributed by atoms with Crippen molar-refractivity contribution in [1.29, 1.82) is 0 Å². The smallest absolute Gasteiger partial charge is 0.338 e. The predicted octanol–water partition coefficient (Wildman–Crippen LogP) is 2.68. The van der Waals surface area contributed by atoms with Crippen LogP contribution in [-0.4, -0.2) is 48.2 Å². The van der Waals surface area contributed by atoms with Crippen LogP contribution in [0.4, 0.5) is 5.69 Å². The van der Waals surface area contributed by atoms with E-state index >= 15 is 0 Å². The first kappa shape index (κ1) is 14.3. The number of hydrogen-bond acceptors (Lipinski definition) is 3. The monoisotopic (exact) mass is 326 g/mol. The SMILES string of the molecule is CCN1CCN(c2cccc(Br)c2C(=O)O)CC1C. The lowest BCUT2D eigenvalue weighted by Crippen LogP contribution is -2.52. The quantitative estimate of drug-likeness (QED) is 0.927. The Balaban J connectivity index is 2.28. The molecule has 0 aliphatic carbocycles. The first-order valence-corrected chi connectivity index (χ1v) is 7.34. The number of carboxylic acids is 1. The Kier molecular flexibility index (Phi) is 4.47. The molecule has 0 spiro atoms. The van der Waals surface area contributed by atoms with E-state index in [4.69, 9.17) is 0 Å². The first-order valence-electron chi connectivity index (χ1n) is 6.55. The Morgan fingerprint density at radius 1 is 1.47 bits per heavy atom. The molecule has 0 aromatic heterocycles. The maximum absolute atomic E-state index is 11.4. The minimum atomic E-state index is -0.881. The average Bonchev–Trinajstić information content (AvgIpc) is 2.37. The van der Waals surface area contributed by atoms with Crippen molar-refractivity contribution in [3.63, 3.8) is 0 Å². The van der Waals surface area contributed by atoms with Crippen LogP contribution >= 0.6 is 15.9 Å². The summed E-state index contributed by atoms with van der Waals surface area (Å²) >= 11 is 3.34. The Labute approximate surface area is 122 Å². The number of carbonyl (C=O) groups is 1. The average molecular weight is 327 g/mol. The van der Waals surface area contributed by atoms with Crippen LogP contribution < -0.4 is 4.90 Å². The van der Waals surface area contributed by atoms with Crippen LogP contribution in [0.2, 0.25) is 0 Å². The van der Waals surface area contributed by atoms with Crippen molar-refractivity contribution < 1.29 is 9.90 Å². The summed E-state index contributed by atoms with van der Waals surface area (Å²) in [4.78, 5) is 16.0. The summed E-state index contributed by atoms with van der Waals surface area (Å²) in [5.41, 5.74) is 1.17. The summed E-state index contributed by atoms with van der Waals surface area (Å²) in [5, 5.41) is 9.37. The lowest BCUT2D eigenvalue weighted by Gasteiger charge is -2.41. The van der Waals surface area contributed by atoms with Crippen LogP contribution in [0.25, 0.3) is 0 Å². The zero-order chi connectivity index (χ0) is 14.0. The van der Waals surface area contributed by atoms with Crippen molar-refractivity contribution >= 4 is 27.6 Å². The first-order chi connectivity index (χ1) is 9.04. The topological polar surface area (TPSA) is 43.8 Å². The third-order valence-electron chi connectivity index (χ3n) is 3.72. The Hall–Kier alpha value is -1.07. The minimum absolute atomic E-state index is 0.361. The highest BCUT2D eigenvalue weighted by Crippen LogP contribution is 2.29. The predicted molar refractivity (Wildman–Crippen MR) is 80.0 cm³/mol. The van der Waals surface area contributed by atoms with Gasteiger partial charge in [-0.25, -0.2) is 4.79 Å². The molecule has 1 fully saturated rings. The van der Waals surface area contributed by atoms with Crippen LogP contribution in [0, 0.1) is 0 Å². The number of carboxylic acid groups (broad SMARTS) is 1. The Bertz CT molecular complexity index is 479. The number of piperazine rings is 1. The molecule has 104 valence electrons. The molecule has 1 heterocycles. The van der Waals surface area contributed by atoms with Crippen LogP contribution in [-0.2, 0) is 0 Å². The molecule has 0 bridgehead atoms. The van der Waals surface area contributed by atoms with Gasteiger partial charge in [-0.1, -0.05) is 13.0 Å². The van der Waals surface area contributed by atoms with Crippen molar-refractivity contribution in [3.05, 3.63) is 28.2 Å². The number of likely N-dealkylation sites (N-methyl/N-ethyl adjacent to an activating group) is 1. The minimum Gasteiger partial charge on any atom is -0.478 e. The molecule has 1 N–H and O–H groups in total. The molecule has 5 heteroatoms. The molecule has 4 nitrogen and oxygen atoms in total. The fourth-order valence-corrected chi connectivity index (χ4v) is 3.20. The van der Waals surface area contributed by atoms with Gasteiger partial charge in [0.15, 0.2) is 0 Å². The van der Waals surface area contributed by atoms with Crippen LogP contribution in [0.1, 0.15) is 24.2 Å². The van der Waals surface area contributed by atoms with E-state index in [1.54, 1.807) is 6.07 Å². The summed E-state index contributed by atoms with van der Waals surface area (Å²) in [5.74, 6) is -0.881. The lowest BCUT2D eigenvalue weighted by atomic mass is 10.1. The second-order valence-corrected chi connectivity index (χ2v) is 5.72. The van der Waals surface area contributed by atoms with E-state index in [9.17, 15) is 9.90 Å². The second kappa shape index (κ2) is 5.92. The largest absolute Gasteiger partial charge is 0.478 e. The van der Waals surface area contributed by atoms with Gasteiger partial charge in [-0.3, -0.25) is 4.90 Å². The van der Waals surface area contributed by atoms with Gasteiger partial charge >= 0.3 is 5.97 Å². The molecule has 0 saturated carbocycles. The third-order valence-corrected chi connectivity index (χ3v) is 4.38. The molecule has 1 saturated heterocycles. The fraction of sp³-hybridized carbons (Fsp3) is 0.500. The molecule has 1 unspecified atom stereocenters. The molecule has 1 atom stereocenters. The van der Waals surface area contributed by atoms with E-state index in [0.29, 0.717) is 16.1 Å². The van der Waals surface area contributed by atoms with Crippen molar-refractivity contribution in [2.24, 2.45) is 0 Å². The molecular weight excluding hydrogens is 308 g/mol. The Morgan fingerprint density at radius 2 is 2.21 bits per heavy atom. The number of anilines is 1. The molecule has 1 aliphatic rings. The van der Waals surface area contributed by atoms with Crippen molar-refractivity contribution in [3.8, 4) is 0 Å². The zero-order valence-corrected chi connectivity index (χ0v) is 12.9. The van der Waals surface area contributed by atoms with Crippen LogP contribution in [0.15, 0.2) is 22.7 Å². The van der Waals surface area contributed by atoms with Crippen molar-refractivity contribution in [2.45, 2.75) is 19.9 Å². The molecule has 19 heavy (non-hydrogen) atoms. The van der Waals surface area contributed by atoms with Crippen LogP contribution in [0.3, 0.4) is 0 Å². The number of rotatable bonds is 3. The van der Waals surface area contributed by atoms with Crippen molar-refractivity contribution in [2.75, 3.05) is 31.1 Å². The molecule has 2 rings (SSSR count). The number of halogens is 1. The van der Waals surface area contributed by atoms with E-state index in [-0.39, 0.29) is 0 Å². The third kappa shape index (κ3) is 2.92. The fourth-order valence-electron chi connectivity index (χ4n) is 2.67. The highest BCUT2D eigenvalue weighted by Gasteiger charge is 2.26. The molecule has 0 radical (unpaired) electrons. The maximum Gasteiger partial charge on any atom is 0.338 e.